The Balaban J connectivity index is 1.84. The number of rotatable bonds is 9. The number of nitrogens with one attached hydrogen (secondary N) is 1. The van der Waals surface area contributed by atoms with E-state index in [-0.39, 0.29) is 17.4 Å². The first-order valence-electron chi connectivity index (χ1n) is 9.82. The van der Waals surface area contributed by atoms with Crippen LogP contribution in [0.15, 0.2) is 18.2 Å². The van der Waals surface area contributed by atoms with Crippen LogP contribution in [-0.2, 0) is 4.79 Å². The summed E-state index contributed by atoms with van der Waals surface area (Å²) in [4.78, 5) is 11.0. The third-order valence-corrected chi connectivity index (χ3v) is 6.04. The Kier molecular flexibility index (Phi) is 6.08. The van der Waals surface area contributed by atoms with Gasteiger partial charge in [-0.1, -0.05) is 13.0 Å². The van der Waals surface area contributed by atoms with Gasteiger partial charge in [-0.3, -0.25) is 0 Å². The molecule has 6 nitrogen and oxygen atoms in total. The summed E-state index contributed by atoms with van der Waals surface area (Å²) in [5, 5.41) is 12.6. The molecule has 1 heterocycles. The molecular formula is C21H32N2O4. The number of methoxy groups -OCH3 is 1. The van der Waals surface area contributed by atoms with Crippen molar-refractivity contribution in [1.29, 1.82) is 0 Å². The molecule has 1 aliphatic heterocycles. The summed E-state index contributed by atoms with van der Waals surface area (Å²) in [5.41, 5.74) is 4.01. The highest BCUT2D eigenvalue weighted by Crippen LogP contribution is 2.46. The van der Waals surface area contributed by atoms with Gasteiger partial charge in [0.25, 0.3) is 0 Å². The van der Waals surface area contributed by atoms with Crippen LogP contribution in [0.25, 0.3) is 0 Å². The molecular weight excluding hydrogens is 344 g/mol. The molecule has 27 heavy (non-hydrogen) atoms. The van der Waals surface area contributed by atoms with E-state index in [1.54, 1.807) is 7.11 Å². The highest BCUT2D eigenvalue weighted by molar-refractivity contribution is 5.56. The molecule has 6 heteroatoms. The molecule has 1 aromatic carbocycles. The van der Waals surface area contributed by atoms with Crippen molar-refractivity contribution in [1.82, 2.24) is 10.4 Å². The van der Waals surface area contributed by atoms with Gasteiger partial charge < -0.3 is 19.4 Å². The maximum atomic E-state index is 11.0. The van der Waals surface area contributed by atoms with E-state index in [0.29, 0.717) is 19.0 Å². The fourth-order valence-electron chi connectivity index (χ4n) is 3.86. The van der Waals surface area contributed by atoms with Gasteiger partial charge in [0.1, 0.15) is 6.29 Å². The molecule has 1 aromatic rings. The fourth-order valence-corrected chi connectivity index (χ4v) is 3.86. The van der Waals surface area contributed by atoms with Gasteiger partial charge in [0.2, 0.25) is 0 Å². The normalized spacial score (nSPS) is 28.0. The topological polar surface area (TPSA) is 71.0 Å². The van der Waals surface area contributed by atoms with Crippen molar-refractivity contribution in [3.63, 3.8) is 0 Å². The molecule has 3 rings (SSSR count). The number of hydrogen-bond donors (Lipinski definition) is 2. The monoisotopic (exact) mass is 376 g/mol. The molecule has 1 saturated carbocycles. The first kappa shape index (κ1) is 20.1. The molecule has 0 aromatic heterocycles. The lowest BCUT2D eigenvalue weighted by Gasteiger charge is -2.34. The molecule has 4 atom stereocenters. The molecule has 0 bridgehead atoms. The molecule has 150 valence electrons. The second kappa shape index (κ2) is 8.17. The van der Waals surface area contributed by atoms with Crippen molar-refractivity contribution < 1.29 is 19.4 Å². The Hall–Kier alpha value is -1.63. The SMILES string of the molecule is COc1ccc(C2CN(NC(C)C=O)CC2(C)C(C)O)cc1OCC1CC1. The average Bonchev–Trinajstić information content (AvgIpc) is 3.42. The van der Waals surface area contributed by atoms with Crippen molar-refractivity contribution in [2.24, 2.45) is 11.3 Å². The number of carbonyl (C=O) groups excluding carboxylic acids is 1. The Morgan fingerprint density at radius 2 is 2.11 bits per heavy atom. The molecule has 1 saturated heterocycles. The summed E-state index contributed by atoms with van der Waals surface area (Å²) in [6.07, 6.45) is 2.88. The maximum absolute atomic E-state index is 11.0. The number of aliphatic hydroxyl groups excluding tert-OH is 1. The van der Waals surface area contributed by atoms with Crippen molar-refractivity contribution in [3.05, 3.63) is 23.8 Å². The minimum atomic E-state index is -0.487. The number of hydrogen-bond acceptors (Lipinski definition) is 6. The van der Waals surface area contributed by atoms with E-state index in [0.717, 1.165) is 30.0 Å². The van der Waals surface area contributed by atoms with Crippen LogP contribution < -0.4 is 14.9 Å². The molecule has 0 radical (unpaired) electrons. The van der Waals surface area contributed by atoms with E-state index in [1.807, 2.05) is 24.9 Å². The van der Waals surface area contributed by atoms with Gasteiger partial charge in [-0.2, -0.15) is 0 Å². The second-order valence-electron chi connectivity index (χ2n) is 8.33. The quantitative estimate of drug-likeness (QED) is 0.645. The molecule has 0 amide bonds. The first-order chi connectivity index (χ1) is 12.9. The number of aldehydes is 1. The Morgan fingerprint density at radius 1 is 1.37 bits per heavy atom. The Bertz CT molecular complexity index is 662. The van der Waals surface area contributed by atoms with Crippen molar-refractivity contribution in [2.75, 3.05) is 26.8 Å². The van der Waals surface area contributed by atoms with Gasteiger partial charge in [0, 0.05) is 24.4 Å². The summed E-state index contributed by atoms with van der Waals surface area (Å²) in [5.74, 6) is 2.28. The minimum Gasteiger partial charge on any atom is -0.493 e. The number of benzene rings is 1. The number of carbonyl (C=O) groups is 1. The van der Waals surface area contributed by atoms with Gasteiger partial charge in [-0.05, 0) is 50.3 Å². The van der Waals surface area contributed by atoms with Gasteiger partial charge in [0.15, 0.2) is 11.5 Å². The van der Waals surface area contributed by atoms with Crippen LogP contribution in [0.3, 0.4) is 0 Å². The second-order valence-corrected chi connectivity index (χ2v) is 8.33. The van der Waals surface area contributed by atoms with Gasteiger partial charge in [0.05, 0.1) is 25.9 Å². The van der Waals surface area contributed by atoms with E-state index < -0.39 is 6.10 Å². The van der Waals surface area contributed by atoms with Gasteiger partial charge >= 0.3 is 0 Å². The lowest BCUT2D eigenvalue weighted by Crippen LogP contribution is -2.45. The third-order valence-electron chi connectivity index (χ3n) is 6.04. The fraction of sp³-hybridized carbons (Fsp3) is 0.667. The van der Waals surface area contributed by atoms with E-state index in [9.17, 15) is 9.90 Å². The molecule has 2 N–H and O–H groups in total. The number of ether oxygens (including phenoxy) is 2. The predicted octanol–water partition coefficient (Wildman–Crippen LogP) is 2.36. The van der Waals surface area contributed by atoms with Crippen LogP contribution in [0.2, 0.25) is 0 Å². The van der Waals surface area contributed by atoms with E-state index in [2.05, 4.69) is 24.5 Å². The highest BCUT2D eigenvalue weighted by atomic mass is 16.5. The number of hydrazine groups is 1. The van der Waals surface area contributed by atoms with Crippen LogP contribution in [0.5, 0.6) is 11.5 Å². The van der Waals surface area contributed by atoms with E-state index in [1.165, 1.54) is 12.8 Å². The zero-order chi connectivity index (χ0) is 19.6. The summed E-state index contributed by atoms with van der Waals surface area (Å²) >= 11 is 0. The predicted molar refractivity (Wildman–Crippen MR) is 104 cm³/mol. The van der Waals surface area contributed by atoms with Crippen molar-refractivity contribution >= 4 is 6.29 Å². The zero-order valence-electron chi connectivity index (χ0n) is 16.8. The number of nitrogens with zero attached hydrogens (tertiary/aromatic N) is 1. The Labute approximate surface area is 161 Å². The molecule has 4 unspecified atom stereocenters. The lowest BCUT2D eigenvalue weighted by atomic mass is 9.72. The molecule has 0 spiro atoms. The van der Waals surface area contributed by atoms with Crippen molar-refractivity contribution in [2.45, 2.75) is 51.7 Å². The van der Waals surface area contributed by atoms with E-state index >= 15 is 0 Å². The summed E-state index contributed by atoms with van der Waals surface area (Å²) in [7, 11) is 1.65. The average molecular weight is 376 g/mol. The van der Waals surface area contributed by atoms with Crippen LogP contribution in [0.4, 0.5) is 0 Å². The maximum Gasteiger partial charge on any atom is 0.161 e. The first-order valence-corrected chi connectivity index (χ1v) is 9.82. The van der Waals surface area contributed by atoms with Gasteiger partial charge in [-0.15, -0.1) is 0 Å². The lowest BCUT2D eigenvalue weighted by molar-refractivity contribution is -0.110. The van der Waals surface area contributed by atoms with E-state index in [4.69, 9.17) is 9.47 Å². The number of aliphatic hydroxyl groups is 1. The van der Waals surface area contributed by atoms with Crippen LogP contribution >= 0.6 is 0 Å². The molecule has 2 aliphatic rings. The summed E-state index contributed by atoms with van der Waals surface area (Å²) in [6.45, 7) is 7.88. The van der Waals surface area contributed by atoms with Crippen LogP contribution in [0, 0.1) is 11.3 Å². The third kappa shape index (κ3) is 4.45. The summed E-state index contributed by atoms with van der Waals surface area (Å²) in [6, 6.07) is 5.81. The van der Waals surface area contributed by atoms with Crippen LogP contribution in [0.1, 0.15) is 45.1 Å². The van der Waals surface area contributed by atoms with Crippen molar-refractivity contribution in [3.8, 4) is 11.5 Å². The smallest absolute Gasteiger partial charge is 0.161 e. The highest BCUT2D eigenvalue weighted by Gasteiger charge is 2.47. The standard InChI is InChI=1S/C21H32N2O4/c1-14(11-24)22-23-10-18(21(3,13-23)15(2)25)17-7-8-19(26-4)20(9-17)27-12-16-5-6-16/h7-9,11,14-16,18,22,25H,5-6,10,12-13H2,1-4H3. The minimum absolute atomic E-state index is 0.109. The largest absolute Gasteiger partial charge is 0.493 e. The Morgan fingerprint density at radius 3 is 2.70 bits per heavy atom. The molecule has 2 fully saturated rings. The zero-order valence-corrected chi connectivity index (χ0v) is 16.8. The van der Waals surface area contributed by atoms with Gasteiger partial charge in [-0.25, -0.2) is 10.4 Å². The van der Waals surface area contributed by atoms with Crippen LogP contribution in [-0.4, -0.2) is 55.4 Å². The molecule has 1 aliphatic carbocycles. The summed E-state index contributed by atoms with van der Waals surface area (Å²) < 4.78 is 11.5.